The van der Waals surface area contributed by atoms with E-state index >= 15 is 0 Å². The van der Waals surface area contributed by atoms with Gasteiger partial charge in [-0.2, -0.15) is 0 Å². The van der Waals surface area contributed by atoms with Gasteiger partial charge in [-0.25, -0.2) is 17.5 Å². The van der Waals surface area contributed by atoms with Crippen molar-refractivity contribution in [3.63, 3.8) is 0 Å². The summed E-state index contributed by atoms with van der Waals surface area (Å²) in [4.78, 5) is 12.6. The van der Waals surface area contributed by atoms with Crippen molar-refractivity contribution in [2.75, 3.05) is 27.8 Å². The Kier molecular flexibility index (Phi) is 6.76. The molecule has 1 unspecified atom stereocenters. The summed E-state index contributed by atoms with van der Waals surface area (Å²) < 4.78 is 48.3. The maximum Gasteiger partial charge on any atom is 0.338 e. The number of ether oxygens (including phenoxy) is 4. The van der Waals surface area contributed by atoms with Gasteiger partial charge in [0.15, 0.2) is 0 Å². The van der Waals surface area contributed by atoms with Crippen LogP contribution in [0.3, 0.4) is 0 Å². The van der Waals surface area contributed by atoms with Crippen molar-refractivity contribution in [2.45, 2.75) is 37.9 Å². The third-order valence-corrected chi connectivity index (χ3v) is 6.73. The first-order valence-electron chi connectivity index (χ1n) is 9.90. The van der Waals surface area contributed by atoms with Gasteiger partial charge in [-0.1, -0.05) is 0 Å². The van der Waals surface area contributed by atoms with E-state index in [4.69, 9.17) is 18.9 Å². The van der Waals surface area contributed by atoms with E-state index in [0.29, 0.717) is 17.9 Å². The highest BCUT2D eigenvalue weighted by Crippen LogP contribution is 2.35. The van der Waals surface area contributed by atoms with E-state index in [0.717, 1.165) is 22.0 Å². The van der Waals surface area contributed by atoms with Gasteiger partial charge in [0.05, 0.1) is 19.3 Å². The van der Waals surface area contributed by atoms with Crippen LogP contribution in [0.4, 0.5) is 0 Å². The normalized spacial score (nSPS) is 15.4. The van der Waals surface area contributed by atoms with E-state index in [2.05, 4.69) is 0 Å². The number of rotatable bonds is 8. The van der Waals surface area contributed by atoms with E-state index in [-0.39, 0.29) is 28.9 Å². The molecule has 168 valence electrons. The number of methoxy groups -OCH3 is 1. The summed E-state index contributed by atoms with van der Waals surface area (Å²) in [6.45, 7) is 4.30. The molecule has 1 aliphatic rings. The van der Waals surface area contributed by atoms with Crippen molar-refractivity contribution in [1.82, 2.24) is 4.31 Å². The fourth-order valence-corrected chi connectivity index (χ4v) is 4.39. The lowest BCUT2D eigenvalue weighted by Gasteiger charge is -2.16. The largest absolute Gasteiger partial charge is 0.495 e. The zero-order valence-electron chi connectivity index (χ0n) is 18.3. The van der Waals surface area contributed by atoms with Gasteiger partial charge < -0.3 is 18.9 Å². The molecule has 0 N–H and O–H groups in total. The second-order valence-corrected chi connectivity index (χ2v) is 9.48. The Hall–Kier alpha value is -2.78. The Morgan fingerprint density at radius 1 is 1.19 bits per heavy atom. The minimum Gasteiger partial charge on any atom is -0.495 e. The number of carbonyl (C=O) groups excluding carboxylic acids is 1. The summed E-state index contributed by atoms with van der Waals surface area (Å²) in [6.07, 6.45) is 0.878. The number of esters is 1. The average molecular weight is 450 g/mol. The lowest BCUT2D eigenvalue weighted by atomic mass is 10.1. The molecule has 3 rings (SSSR count). The summed E-state index contributed by atoms with van der Waals surface area (Å²) in [5, 5.41) is 0. The molecular formula is C22H27NO7S. The monoisotopic (exact) mass is 449 g/mol. The Morgan fingerprint density at radius 2 is 1.94 bits per heavy atom. The summed E-state index contributed by atoms with van der Waals surface area (Å²) in [5.41, 5.74) is 1.84. The number of hydrogen-bond acceptors (Lipinski definition) is 7. The smallest absolute Gasteiger partial charge is 0.338 e. The molecule has 0 radical (unpaired) electrons. The van der Waals surface area contributed by atoms with E-state index in [1.165, 1.54) is 39.4 Å². The van der Waals surface area contributed by atoms with Crippen LogP contribution in [0, 0.1) is 0 Å². The standard InChI is InChI=1S/C22H27NO7S/c1-6-28-19-10-16-9-14(2)30-20(16)11-17(19)13-29-22(24)15-7-8-18(27-5)21(12-15)31(25,26)23(3)4/h7-8,10-12,14H,6,9,13H2,1-5H3. The van der Waals surface area contributed by atoms with Crippen molar-refractivity contribution in [1.29, 1.82) is 0 Å². The number of hydrogen-bond donors (Lipinski definition) is 0. The number of benzene rings is 2. The SMILES string of the molecule is CCOc1cc2c(cc1COC(=O)c1ccc(OC)c(S(=O)(=O)N(C)C)c1)OC(C)C2. The van der Waals surface area contributed by atoms with E-state index < -0.39 is 16.0 Å². The molecule has 0 bridgehead atoms. The van der Waals surface area contributed by atoms with Crippen LogP contribution in [0.5, 0.6) is 17.2 Å². The van der Waals surface area contributed by atoms with Crippen molar-refractivity contribution in [3.05, 3.63) is 47.0 Å². The van der Waals surface area contributed by atoms with Crippen LogP contribution in [-0.2, 0) is 27.8 Å². The highest BCUT2D eigenvalue weighted by atomic mass is 32.2. The fraction of sp³-hybridized carbons (Fsp3) is 0.409. The van der Waals surface area contributed by atoms with Gasteiger partial charge in [0.2, 0.25) is 10.0 Å². The van der Waals surface area contributed by atoms with Gasteiger partial charge in [0.25, 0.3) is 0 Å². The molecule has 0 saturated heterocycles. The number of sulfonamides is 1. The predicted octanol–water partition coefficient (Wildman–Crippen LogP) is 3.02. The quantitative estimate of drug-likeness (QED) is 0.572. The van der Waals surface area contributed by atoms with Crippen molar-refractivity contribution in [3.8, 4) is 17.2 Å². The van der Waals surface area contributed by atoms with Crippen LogP contribution in [-0.4, -0.2) is 52.6 Å². The van der Waals surface area contributed by atoms with Gasteiger partial charge in [0, 0.05) is 31.6 Å². The molecule has 0 spiro atoms. The average Bonchev–Trinajstić information content (AvgIpc) is 3.10. The highest BCUT2D eigenvalue weighted by Gasteiger charge is 2.25. The van der Waals surface area contributed by atoms with Crippen LogP contribution in [0.25, 0.3) is 0 Å². The maximum absolute atomic E-state index is 12.7. The van der Waals surface area contributed by atoms with Crippen LogP contribution < -0.4 is 14.2 Å². The summed E-state index contributed by atoms with van der Waals surface area (Å²) in [5.74, 6) is 0.882. The molecule has 0 fully saturated rings. The molecule has 31 heavy (non-hydrogen) atoms. The second-order valence-electron chi connectivity index (χ2n) is 7.36. The fourth-order valence-electron chi connectivity index (χ4n) is 3.31. The Morgan fingerprint density at radius 3 is 2.58 bits per heavy atom. The Bertz CT molecular complexity index is 1080. The molecule has 0 aliphatic carbocycles. The topological polar surface area (TPSA) is 91.4 Å². The Balaban J connectivity index is 1.84. The van der Waals surface area contributed by atoms with Crippen LogP contribution in [0.1, 0.15) is 35.3 Å². The molecule has 1 heterocycles. The first-order valence-corrected chi connectivity index (χ1v) is 11.3. The van der Waals surface area contributed by atoms with Crippen molar-refractivity contribution < 1.29 is 32.2 Å². The lowest BCUT2D eigenvalue weighted by Crippen LogP contribution is -2.23. The van der Waals surface area contributed by atoms with Crippen molar-refractivity contribution >= 4 is 16.0 Å². The molecule has 0 aromatic heterocycles. The van der Waals surface area contributed by atoms with Gasteiger partial charge in [-0.15, -0.1) is 0 Å². The van der Waals surface area contributed by atoms with Gasteiger partial charge in [-0.05, 0) is 44.2 Å². The van der Waals surface area contributed by atoms with Crippen LogP contribution in [0.15, 0.2) is 35.2 Å². The zero-order chi connectivity index (χ0) is 22.8. The van der Waals surface area contributed by atoms with E-state index in [1.54, 1.807) is 0 Å². The highest BCUT2D eigenvalue weighted by molar-refractivity contribution is 7.89. The third kappa shape index (κ3) is 4.77. The first-order chi connectivity index (χ1) is 14.7. The minimum absolute atomic E-state index is 0.0407. The van der Waals surface area contributed by atoms with Crippen LogP contribution >= 0.6 is 0 Å². The van der Waals surface area contributed by atoms with Gasteiger partial charge in [0.1, 0.15) is 34.9 Å². The van der Waals surface area contributed by atoms with Crippen molar-refractivity contribution in [2.24, 2.45) is 0 Å². The van der Waals surface area contributed by atoms with E-state index in [1.807, 2.05) is 26.0 Å². The molecule has 0 amide bonds. The Labute approximate surface area is 182 Å². The molecule has 1 atom stereocenters. The van der Waals surface area contributed by atoms with Crippen LogP contribution in [0.2, 0.25) is 0 Å². The summed E-state index contributed by atoms with van der Waals surface area (Å²) in [6, 6.07) is 7.90. The summed E-state index contributed by atoms with van der Waals surface area (Å²) >= 11 is 0. The second kappa shape index (κ2) is 9.15. The number of carbonyl (C=O) groups is 1. The molecular weight excluding hydrogens is 422 g/mol. The molecule has 0 saturated carbocycles. The predicted molar refractivity (Wildman–Crippen MR) is 114 cm³/mol. The van der Waals surface area contributed by atoms with Gasteiger partial charge >= 0.3 is 5.97 Å². The molecule has 8 nitrogen and oxygen atoms in total. The molecule has 1 aliphatic heterocycles. The zero-order valence-corrected chi connectivity index (χ0v) is 19.1. The van der Waals surface area contributed by atoms with Gasteiger partial charge in [-0.3, -0.25) is 0 Å². The summed E-state index contributed by atoms with van der Waals surface area (Å²) in [7, 11) is 0.381. The number of nitrogens with zero attached hydrogens (tertiary/aromatic N) is 1. The number of fused-ring (bicyclic) bond motifs is 1. The maximum atomic E-state index is 12.7. The minimum atomic E-state index is -3.80. The van der Waals surface area contributed by atoms with E-state index in [9.17, 15) is 13.2 Å². The first kappa shape index (κ1) is 22.9. The molecule has 2 aromatic carbocycles. The third-order valence-electron chi connectivity index (χ3n) is 4.90. The lowest BCUT2D eigenvalue weighted by molar-refractivity contribution is 0.0469. The molecule has 2 aromatic rings. The molecule has 9 heteroatoms.